The molecule has 2 heteroatoms. The molecule has 1 rings (SSSR count). The molecule has 2 unspecified atom stereocenters. The predicted molar refractivity (Wildman–Crippen MR) is 46.4 cm³/mol. The molecule has 0 aromatic rings. The Morgan fingerprint density at radius 1 is 1.36 bits per heavy atom. The molecule has 0 aromatic heterocycles. The molecule has 11 heavy (non-hydrogen) atoms. The van der Waals surface area contributed by atoms with E-state index in [1.807, 2.05) is 0 Å². The Bertz CT molecular complexity index is 112. The molecule has 0 bridgehead atoms. The molecule has 0 heterocycles. The molecule has 2 atom stereocenters. The van der Waals surface area contributed by atoms with E-state index in [9.17, 15) is 0 Å². The van der Waals surface area contributed by atoms with Crippen LogP contribution in [-0.4, -0.2) is 19.3 Å². The lowest BCUT2D eigenvalue weighted by Crippen LogP contribution is -2.35. The first-order valence-electron chi connectivity index (χ1n) is 4.55. The molecule has 1 aliphatic rings. The van der Waals surface area contributed by atoms with Gasteiger partial charge in [0.1, 0.15) is 0 Å². The Balaban J connectivity index is 2.07. The lowest BCUT2D eigenvalue weighted by molar-refractivity contribution is 0.00355. The third kappa shape index (κ3) is 2.46. The van der Waals surface area contributed by atoms with Crippen molar-refractivity contribution in [3.05, 3.63) is 0 Å². The molecule has 1 fully saturated rings. The van der Waals surface area contributed by atoms with E-state index in [2.05, 4.69) is 13.8 Å². The summed E-state index contributed by atoms with van der Waals surface area (Å²) in [5, 5.41) is 0. The van der Waals surface area contributed by atoms with Crippen LogP contribution in [-0.2, 0) is 4.74 Å². The summed E-state index contributed by atoms with van der Waals surface area (Å²) >= 11 is 0. The Kier molecular flexibility index (Phi) is 3.34. The van der Waals surface area contributed by atoms with E-state index >= 15 is 0 Å². The summed E-state index contributed by atoms with van der Waals surface area (Å²) < 4.78 is 5.52. The van der Waals surface area contributed by atoms with Crippen LogP contribution >= 0.6 is 0 Å². The first kappa shape index (κ1) is 9.01. The Hall–Kier alpha value is -0.0800. The number of rotatable bonds is 4. The van der Waals surface area contributed by atoms with Gasteiger partial charge in [0.15, 0.2) is 0 Å². The highest BCUT2D eigenvalue weighted by Crippen LogP contribution is 2.33. The van der Waals surface area contributed by atoms with Crippen molar-refractivity contribution in [2.45, 2.75) is 32.8 Å². The molecule has 0 aliphatic heterocycles. The minimum absolute atomic E-state index is 0.369. The Morgan fingerprint density at radius 3 is 2.36 bits per heavy atom. The zero-order chi connectivity index (χ0) is 8.27. The summed E-state index contributed by atoms with van der Waals surface area (Å²) in [6.45, 7) is 5.91. The van der Waals surface area contributed by atoms with Gasteiger partial charge in [-0.15, -0.1) is 0 Å². The van der Waals surface area contributed by atoms with Gasteiger partial charge in [0.2, 0.25) is 0 Å². The average Bonchev–Trinajstić information content (AvgIpc) is 1.86. The SMILES string of the molecule is CC(C)OCC1CCC1CN. The summed E-state index contributed by atoms with van der Waals surface area (Å²) in [6, 6.07) is 0. The maximum atomic E-state index is 5.58. The van der Waals surface area contributed by atoms with Gasteiger partial charge in [-0.05, 0) is 45.1 Å². The van der Waals surface area contributed by atoms with Gasteiger partial charge in [0.25, 0.3) is 0 Å². The first-order chi connectivity index (χ1) is 5.24. The summed E-state index contributed by atoms with van der Waals surface area (Å²) in [6.07, 6.45) is 2.99. The standard InChI is InChI=1S/C9H19NO/c1-7(2)11-6-9-4-3-8(9)5-10/h7-9H,3-6,10H2,1-2H3. The van der Waals surface area contributed by atoms with Crippen molar-refractivity contribution in [3.63, 3.8) is 0 Å². The second-order valence-electron chi connectivity index (χ2n) is 3.72. The normalized spacial score (nSPS) is 30.5. The van der Waals surface area contributed by atoms with Gasteiger partial charge in [-0.25, -0.2) is 0 Å². The fraction of sp³-hybridized carbons (Fsp3) is 1.00. The van der Waals surface area contributed by atoms with Gasteiger partial charge < -0.3 is 10.5 Å². The highest BCUT2D eigenvalue weighted by atomic mass is 16.5. The van der Waals surface area contributed by atoms with E-state index in [0.29, 0.717) is 6.10 Å². The van der Waals surface area contributed by atoms with Crippen LogP contribution in [0.4, 0.5) is 0 Å². The van der Waals surface area contributed by atoms with Crippen molar-refractivity contribution < 1.29 is 4.74 Å². The van der Waals surface area contributed by atoms with Crippen molar-refractivity contribution in [2.24, 2.45) is 17.6 Å². The van der Waals surface area contributed by atoms with E-state index in [1.54, 1.807) is 0 Å². The molecule has 0 saturated heterocycles. The van der Waals surface area contributed by atoms with Crippen molar-refractivity contribution in [3.8, 4) is 0 Å². The number of hydrogen-bond acceptors (Lipinski definition) is 2. The van der Waals surface area contributed by atoms with Crippen LogP contribution in [0.1, 0.15) is 26.7 Å². The molecule has 2 N–H and O–H groups in total. The largest absolute Gasteiger partial charge is 0.378 e. The van der Waals surface area contributed by atoms with Gasteiger partial charge in [-0.2, -0.15) is 0 Å². The molecule has 1 aliphatic carbocycles. The summed E-state index contributed by atoms with van der Waals surface area (Å²) in [4.78, 5) is 0. The minimum Gasteiger partial charge on any atom is -0.378 e. The second kappa shape index (κ2) is 4.07. The lowest BCUT2D eigenvalue weighted by atomic mass is 9.74. The zero-order valence-corrected chi connectivity index (χ0v) is 7.55. The van der Waals surface area contributed by atoms with Crippen LogP contribution in [0.5, 0.6) is 0 Å². The van der Waals surface area contributed by atoms with E-state index in [4.69, 9.17) is 10.5 Å². The summed E-state index contributed by atoms with van der Waals surface area (Å²) in [5.41, 5.74) is 5.58. The van der Waals surface area contributed by atoms with Gasteiger partial charge in [-0.1, -0.05) is 0 Å². The Morgan fingerprint density at radius 2 is 2.00 bits per heavy atom. The monoisotopic (exact) mass is 157 g/mol. The number of hydrogen-bond donors (Lipinski definition) is 1. The van der Waals surface area contributed by atoms with Gasteiger partial charge in [0.05, 0.1) is 12.7 Å². The van der Waals surface area contributed by atoms with Crippen LogP contribution in [0.25, 0.3) is 0 Å². The van der Waals surface area contributed by atoms with E-state index in [1.165, 1.54) is 12.8 Å². The smallest absolute Gasteiger partial charge is 0.0519 e. The summed E-state index contributed by atoms with van der Waals surface area (Å²) in [5.74, 6) is 1.50. The van der Waals surface area contributed by atoms with Gasteiger partial charge >= 0.3 is 0 Å². The molecule has 0 spiro atoms. The highest BCUT2D eigenvalue weighted by Gasteiger charge is 2.29. The van der Waals surface area contributed by atoms with Crippen LogP contribution < -0.4 is 5.73 Å². The van der Waals surface area contributed by atoms with Crippen molar-refractivity contribution >= 4 is 0 Å². The first-order valence-corrected chi connectivity index (χ1v) is 4.55. The van der Waals surface area contributed by atoms with Gasteiger partial charge in [-0.3, -0.25) is 0 Å². The van der Waals surface area contributed by atoms with Crippen LogP contribution in [0, 0.1) is 11.8 Å². The topological polar surface area (TPSA) is 35.2 Å². The van der Waals surface area contributed by atoms with Crippen molar-refractivity contribution in [1.29, 1.82) is 0 Å². The van der Waals surface area contributed by atoms with Crippen molar-refractivity contribution in [1.82, 2.24) is 0 Å². The maximum absolute atomic E-state index is 5.58. The molecule has 1 saturated carbocycles. The molecular formula is C9H19NO. The molecular weight excluding hydrogens is 138 g/mol. The number of ether oxygens (including phenoxy) is 1. The third-order valence-corrected chi connectivity index (χ3v) is 2.52. The Labute approximate surface area is 69.1 Å². The second-order valence-corrected chi connectivity index (χ2v) is 3.72. The maximum Gasteiger partial charge on any atom is 0.0519 e. The molecule has 66 valence electrons. The highest BCUT2D eigenvalue weighted by molar-refractivity contribution is 4.80. The molecule has 0 radical (unpaired) electrons. The fourth-order valence-corrected chi connectivity index (χ4v) is 1.48. The average molecular weight is 157 g/mol. The van der Waals surface area contributed by atoms with Gasteiger partial charge in [0, 0.05) is 0 Å². The zero-order valence-electron chi connectivity index (χ0n) is 7.55. The fourth-order valence-electron chi connectivity index (χ4n) is 1.48. The van der Waals surface area contributed by atoms with Crippen LogP contribution in [0.15, 0.2) is 0 Å². The molecule has 2 nitrogen and oxygen atoms in total. The van der Waals surface area contributed by atoms with E-state index in [0.717, 1.165) is 25.0 Å². The predicted octanol–water partition coefficient (Wildman–Crippen LogP) is 1.40. The minimum atomic E-state index is 0.369. The quantitative estimate of drug-likeness (QED) is 0.669. The van der Waals surface area contributed by atoms with Crippen LogP contribution in [0.3, 0.4) is 0 Å². The molecule has 0 aromatic carbocycles. The lowest BCUT2D eigenvalue weighted by Gasteiger charge is -2.35. The molecule has 0 amide bonds. The van der Waals surface area contributed by atoms with Crippen molar-refractivity contribution in [2.75, 3.05) is 13.2 Å². The van der Waals surface area contributed by atoms with E-state index in [-0.39, 0.29) is 0 Å². The summed E-state index contributed by atoms with van der Waals surface area (Å²) in [7, 11) is 0. The van der Waals surface area contributed by atoms with E-state index < -0.39 is 0 Å². The third-order valence-electron chi connectivity index (χ3n) is 2.52. The number of nitrogens with two attached hydrogens (primary N) is 1. The van der Waals surface area contributed by atoms with Crippen LogP contribution in [0.2, 0.25) is 0 Å².